The van der Waals surface area contributed by atoms with Gasteiger partial charge in [0.05, 0.1) is 6.42 Å². The fourth-order valence-electron chi connectivity index (χ4n) is 5.50. The summed E-state index contributed by atoms with van der Waals surface area (Å²) >= 11 is 0. The van der Waals surface area contributed by atoms with E-state index >= 15 is 0 Å². The number of aromatic nitrogens is 1. The predicted molar refractivity (Wildman–Crippen MR) is 160 cm³/mol. The van der Waals surface area contributed by atoms with E-state index in [1.165, 1.54) is 6.92 Å². The molecule has 0 saturated heterocycles. The zero-order valence-electron chi connectivity index (χ0n) is 24.7. The summed E-state index contributed by atoms with van der Waals surface area (Å²) in [6, 6.07) is 17.7. The predicted octanol–water partition coefficient (Wildman–Crippen LogP) is 5.89. The van der Waals surface area contributed by atoms with Gasteiger partial charge in [-0.05, 0) is 49.8 Å². The molecule has 0 fully saturated rings. The maximum absolute atomic E-state index is 14.3. The minimum atomic E-state index is -1.19. The lowest BCUT2D eigenvalue weighted by molar-refractivity contribution is -0.148. The number of nitrogens with one attached hydrogen (secondary N) is 2. The van der Waals surface area contributed by atoms with Crippen LogP contribution in [0.1, 0.15) is 76.1 Å². The molecule has 0 aliphatic rings. The molecule has 2 atom stereocenters. The Morgan fingerprint density at radius 2 is 1.70 bits per heavy atom. The van der Waals surface area contributed by atoms with Crippen LogP contribution >= 0.6 is 0 Å². The smallest absolute Gasteiger partial charge is 0.302 e. The Kier molecular flexibility index (Phi) is 11.4. The van der Waals surface area contributed by atoms with Gasteiger partial charge in [-0.15, -0.1) is 0 Å². The SMILES string of the molecule is CCCCN(C)C(=O)C(CCC(CCC)OC(C)=O)(Cc1ccccc1)NC(=O)Cc1c(C)[nH]c2ccccc12. The normalized spacial score (nSPS) is 13.4. The first-order valence-corrected chi connectivity index (χ1v) is 14.5. The van der Waals surface area contributed by atoms with E-state index in [4.69, 9.17) is 4.74 Å². The van der Waals surface area contributed by atoms with Crippen molar-refractivity contribution in [2.75, 3.05) is 13.6 Å². The van der Waals surface area contributed by atoms with Crippen molar-refractivity contribution in [3.8, 4) is 0 Å². The van der Waals surface area contributed by atoms with Crippen LogP contribution < -0.4 is 5.32 Å². The maximum atomic E-state index is 14.3. The van der Waals surface area contributed by atoms with Crippen molar-refractivity contribution in [1.29, 1.82) is 0 Å². The number of nitrogens with zero attached hydrogens (tertiary/aromatic N) is 1. The molecular weight excluding hydrogens is 502 g/mol. The van der Waals surface area contributed by atoms with Crippen LogP contribution in [0, 0.1) is 6.92 Å². The van der Waals surface area contributed by atoms with Gasteiger partial charge >= 0.3 is 5.97 Å². The highest BCUT2D eigenvalue weighted by Gasteiger charge is 2.42. The Morgan fingerprint density at radius 1 is 1.00 bits per heavy atom. The van der Waals surface area contributed by atoms with Crippen LogP contribution in [0.15, 0.2) is 54.6 Å². The lowest BCUT2D eigenvalue weighted by Crippen LogP contribution is -2.61. The number of ether oxygens (including phenoxy) is 1. The van der Waals surface area contributed by atoms with Crippen molar-refractivity contribution in [1.82, 2.24) is 15.2 Å². The third-order valence-corrected chi connectivity index (χ3v) is 7.53. The second-order valence-electron chi connectivity index (χ2n) is 10.9. The molecule has 0 aliphatic carbocycles. The number of hydrogen-bond donors (Lipinski definition) is 2. The van der Waals surface area contributed by atoms with Crippen LogP contribution in [0.4, 0.5) is 0 Å². The molecule has 2 amide bonds. The number of carbonyl (C=O) groups is 3. The molecule has 0 saturated carbocycles. The molecule has 3 aromatic rings. The van der Waals surface area contributed by atoms with E-state index in [-0.39, 0.29) is 30.3 Å². The van der Waals surface area contributed by atoms with Crippen molar-refractivity contribution in [2.24, 2.45) is 0 Å². The third kappa shape index (κ3) is 8.20. The van der Waals surface area contributed by atoms with Crippen molar-refractivity contribution in [2.45, 2.75) is 90.7 Å². The number of carbonyl (C=O) groups excluding carboxylic acids is 3. The quantitative estimate of drug-likeness (QED) is 0.232. The minimum Gasteiger partial charge on any atom is -0.463 e. The number of likely N-dealkylation sites (N-methyl/N-ethyl adjacent to an activating group) is 1. The summed E-state index contributed by atoms with van der Waals surface area (Å²) in [5, 5.41) is 4.24. The Bertz CT molecular complexity index is 1270. The van der Waals surface area contributed by atoms with Gasteiger partial charge in [-0.2, -0.15) is 0 Å². The number of aromatic amines is 1. The monoisotopic (exact) mass is 547 g/mol. The number of para-hydroxylation sites is 1. The summed E-state index contributed by atoms with van der Waals surface area (Å²) in [5.74, 6) is -0.662. The summed E-state index contributed by atoms with van der Waals surface area (Å²) in [6.45, 7) is 8.12. The molecule has 7 nitrogen and oxygen atoms in total. The number of unbranched alkanes of at least 4 members (excludes halogenated alkanes) is 1. The summed E-state index contributed by atoms with van der Waals surface area (Å²) in [7, 11) is 1.81. The van der Waals surface area contributed by atoms with Gasteiger partial charge < -0.3 is 19.9 Å². The third-order valence-electron chi connectivity index (χ3n) is 7.53. The van der Waals surface area contributed by atoms with Crippen molar-refractivity contribution in [3.63, 3.8) is 0 Å². The summed E-state index contributed by atoms with van der Waals surface area (Å²) in [5.41, 5.74) is 2.62. The van der Waals surface area contributed by atoms with Gasteiger partial charge in [0.15, 0.2) is 0 Å². The first-order valence-electron chi connectivity index (χ1n) is 14.5. The van der Waals surface area contributed by atoms with Crippen LogP contribution in [0.2, 0.25) is 0 Å². The standard InChI is InChI=1S/C33H45N3O4/c1-6-8-21-36(5)32(39)33(23-26-15-10-9-11-16-26,20-19-27(14-7-2)40-25(4)37)35-31(38)22-29-24(3)34-30-18-13-12-17-28(29)30/h9-13,15-18,27,34H,6-8,14,19-23H2,1-5H3,(H,35,38). The zero-order valence-corrected chi connectivity index (χ0v) is 24.7. The number of amides is 2. The molecule has 2 N–H and O–H groups in total. The van der Waals surface area contributed by atoms with Gasteiger partial charge in [0, 0.05) is 43.5 Å². The van der Waals surface area contributed by atoms with Crippen LogP contribution in [0.3, 0.4) is 0 Å². The minimum absolute atomic E-state index is 0.119. The van der Waals surface area contributed by atoms with E-state index in [0.29, 0.717) is 32.2 Å². The Hall–Kier alpha value is -3.61. The van der Waals surface area contributed by atoms with Gasteiger partial charge in [-0.25, -0.2) is 0 Å². The number of hydrogen-bond acceptors (Lipinski definition) is 4. The van der Waals surface area contributed by atoms with Crippen molar-refractivity contribution in [3.05, 3.63) is 71.4 Å². The Morgan fingerprint density at radius 3 is 2.38 bits per heavy atom. The van der Waals surface area contributed by atoms with E-state index < -0.39 is 5.54 Å². The molecule has 216 valence electrons. The Labute approximate surface area is 238 Å². The molecule has 3 rings (SSSR count). The molecule has 0 radical (unpaired) electrons. The molecule has 1 heterocycles. The summed E-state index contributed by atoms with van der Waals surface area (Å²) in [6.07, 6.45) is 4.39. The second kappa shape index (κ2) is 14.7. The first kappa shape index (κ1) is 30.9. The largest absolute Gasteiger partial charge is 0.463 e. The Balaban J connectivity index is 1.99. The lowest BCUT2D eigenvalue weighted by atomic mass is 9.83. The van der Waals surface area contributed by atoms with E-state index in [1.807, 2.05) is 75.5 Å². The number of aryl methyl sites for hydroxylation is 1. The van der Waals surface area contributed by atoms with Gasteiger partial charge in [-0.3, -0.25) is 14.4 Å². The number of rotatable bonds is 15. The number of esters is 1. The van der Waals surface area contributed by atoms with E-state index in [1.54, 1.807) is 4.90 Å². The first-order chi connectivity index (χ1) is 19.2. The average Bonchev–Trinajstić information content (AvgIpc) is 3.24. The fraction of sp³-hybridized carbons (Fsp3) is 0.485. The van der Waals surface area contributed by atoms with E-state index in [2.05, 4.69) is 17.2 Å². The molecule has 40 heavy (non-hydrogen) atoms. The van der Waals surface area contributed by atoms with Crippen LogP contribution in [-0.2, 0) is 32.0 Å². The highest BCUT2D eigenvalue weighted by molar-refractivity contribution is 5.94. The fourth-order valence-corrected chi connectivity index (χ4v) is 5.50. The van der Waals surface area contributed by atoms with Crippen LogP contribution in [0.25, 0.3) is 10.9 Å². The highest BCUT2D eigenvalue weighted by atomic mass is 16.5. The van der Waals surface area contributed by atoms with Gasteiger partial charge in [0.25, 0.3) is 0 Å². The van der Waals surface area contributed by atoms with E-state index in [0.717, 1.165) is 47.0 Å². The van der Waals surface area contributed by atoms with Crippen LogP contribution in [0.5, 0.6) is 0 Å². The van der Waals surface area contributed by atoms with Gasteiger partial charge in [0.2, 0.25) is 11.8 Å². The number of H-pyrrole nitrogens is 1. The van der Waals surface area contributed by atoms with Crippen LogP contribution in [-0.4, -0.2) is 52.9 Å². The highest BCUT2D eigenvalue weighted by Crippen LogP contribution is 2.27. The lowest BCUT2D eigenvalue weighted by Gasteiger charge is -2.38. The molecular formula is C33H45N3O4. The summed E-state index contributed by atoms with van der Waals surface area (Å²) in [4.78, 5) is 45.0. The molecule has 0 bridgehead atoms. The molecule has 2 aromatic carbocycles. The maximum Gasteiger partial charge on any atom is 0.302 e. The number of fused-ring (bicyclic) bond motifs is 1. The number of benzene rings is 2. The van der Waals surface area contributed by atoms with Crippen molar-refractivity contribution >= 4 is 28.7 Å². The van der Waals surface area contributed by atoms with Gasteiger partial charge in [-0.1, -0.05) is 75.2 Å². The molecule has 2 unspecified atom stereocenters. The second-order valence-corrected chi connectivity index (χ2v) is 10.9. The average molecular weight is 548 g/mol. The molecule has 0 aliphatic heterocycles. The summed E-state index contributed by atoms with van der Waals surface area (Å²) < 4.78 is 5.61. The van der Waals surface area contributed by atoms with E-state index in [9.17, 15) is 14.4 Å². The molecule has 1 aromatic heterocycles. The van der Waals surface area contributed by atoms with Crippen molar-refractivity contribution < 1.29 is 19.1 Å². The van der Waals surface area contributed by atoms with Gasteiger partial charge in [0.1, 0.15) is 11.6 Å². The topological polar surface area (TPSA) is 91.5 Å². The molecule has 7 heteroatoms. The zero-order chi connectivity index (χ0) is 29.1. The molecule has 0 spiro atoms.